The van der Waals surface area contributed by atoms with Crippen LogP contribution < -0.4 is 15.0 Å². The Hall–Kier alpha value is -2.34. The lowest BCUT2D eigenvalue weighted by Crippen LogP contribution is -2.42. The van der Waals surface area contributed by atoms with Crippen LogP contribution in [0.1, 0.15) is 31.1 Å². The second-order valence-corrected chi connectivity index (χ2v) is 7.69. The first kappa shape index (κ1) is 18.5. The predicted octanol–water partition coefficient (Wildman–Crippen LogP) is 4.47. The lowest BCUT2D eigenvalue weighted by Gasteiger charge is -2.26. The standard InChI is InChI=1S/C20H21BrN2O3/c1-4-23-16-10-9-13(11-17(16)26-12-20(2,3)19(23)25)22-18(24)14-7-5-6-8-15(14)21/h5-11H,4,12H2,1-3H3,(H,22,24). The maximum Gasteiger partial charge on any atom is 0.256 e. The summed E-state index contributed by atoms with van der Waals surface area (Å²) in [5.74, 6) is 0.411. The molecule has 2 amide bonds. The van der Waals surface area contributed by atoms with E-state index in [1.54, 1.807) is 23.1 Å². The van der Waals surface area contributed by atoms with Crippen LogP contribution in [-0.4, -0.2) is 25.0 Å². The molecule has 136 valence electrons. The predicted molar refractivity (Wildman–Crippen MR) is 106 cm³/mol. The Kier molecular flexibility index (Phi) is 5.05. The molecule has 0 fully saturated rings. The van der Waals surface area contributed by atoms with E-state index >= 15 is 0 Å². The summed E-state index contributed by atoms with van der Waals surface area (Å²) in [7, 11) is 0. The third kappa shape index (κ3) is 3.46. The zero-order valence-electron chi connectivity index (χ0n) is 15.0. The van der Waals surface area contributed by atoms with E-state index in [0.29, 0.717) is 23.5 Å². The number of carbonyl (C=O) groups is 2. The van der Waals surface area contributed by atoms with Crippen LogP contribution in [0, 0.1) is 5.41 Å². The number of fused-ring (bicyclic) bond motifs is 1. The summed E-state index contributed by atoms with van der Waals surface area (Å²) < 4.78 is 6.62. The third-order valence-electron chi connectivity index (χ3n) is 4.36. The zero-order chi connectivity index (χ0) is 18.9. The average molecular weight is 417 g/mol. The number of anilines is 2. The largest absolute Gasteiger partial charge is 0.490 e. The molecule has 3 rings (SSSR count). The molecule has 0 aromatic heterocycles. The highest BCUT2D eigenvalue weighted by Gasteiger charge is 2.37. The fourth-order valence-corrected chi connectivity index (χ4v) is 3.35. The number of nitrogens with one attached hydrogen (secondary N) is 1. The molecule has 0 saturated carbocycles. The van der Waals surface area contributed by atoms with Crippen LogP contribution >= 0.6 is 15.9 Å². The number of hydrogen-bond acceptors (Lipinski definition) is 3. The minimum absolute atomic E-state index is 0.0313. The lowest BCUT2D eigenvalue weighted by molar-refractivity contribution is -0.127. The maximum absolute atomic E-state index is 12.7. The highest BCUT2D eigenvalue weighted by Crippen LogP contribution is 2.38. The smallest absolute Gasteiger partial charge is 0.256 e. The molecule has 2 aromatic rings. The molecule has 5 nitrogen and oxygen atoms in total. The topological polar surface area (TPSA) is 58.6 Å². The molecule has 1 aliphatic heterocycles. The Morgan fingerprint density at radius 2 is 2.00 bits per heavy atom. The van der Waals surface area contributed by atoms with Crippen LogP contribution in [0.15, 0.2) is 46.9 Å². The molecule has 0 atom stereocenters. The van der Waals surface area contributed by atoms with Gasteiger partial charge in [-0.1, -0.05) is 12.1 Å². The Morgan fingerprint density at radius 3 is 2.69 bits per heavy atom. The lowest BCUT2D eigenvalue weighted by atomic mass is 9.93. The number of ether oxygens (including phenoxy) is 1. The van der Waals surface area contributed by atoms with Gasteiger partial charge in [-0.3, -0.25) is 9.59 Å². The van der Waals surface area contributed by atoms with Gasteiger partial charge in [0.25, 0.3) is 5.91 Å². The highest BCUT2D eigenvalue weighted by molar-refractivity contribution is 9.10. The van der Waals surface area contributed by atoms with Crippen LogP contribution in [-0.2, 0) is 4.79 Å². The third-order valence-corrected chi connectivity index (χ3v) is 5.05. The Bertz CT molecular complexity index is 864. The summed E-state index contributed by atoms with van der Waals surface area (Å²) in [5, 5.41) is 2.88. The van der Waals surface area contributed by atoms with Crippen molar-refractivity contribution >= 4 is 39.1 Å². The van der Waals surface area contributed by atoms with Crippen molar-refractivity contribution < 1.29 is 14.3 Å². The van der Waals surface area contributed by atoms with E-state index in [9.17, 15) is 9.59 Å². The van der Waals surface area contributed by atoms with Crippen molar-refractivity contribution in [3.05, 3.63) is 52.5 Å². The molecule has 1 N–H and O–H groups in total. The first-order valence-corrected chi connectivity index (χ1v) is 9.27. The fourth-order valence-electron chi connectivity index (χ4n) is 2.88. The molecule has 0 bridgehead atoms. The number of nitrogens with zero attached hydrogens (tertiary/aromatic N) is 1. The first-order valence-electron chi connectivity index (χ1n) is 8.48. The van der Waals surface area contributed by atoms with Gasteiger partial charge in [0.15, 0.2) is 0 Å². The van der Waals surface area contributed by atoms with E-state index in [4.69, 9.17) is 4.74 Å². The van der Waals surface area contributed by atoms with E-state index < -0.39 is 5.41 Å². The minimum atomic E-state index is -0.604. The molecule has 0 saturated heterocycles. The summed E-state index contributed by atoms with van der Waals surface area (Å²) in [6, 6.07) is 12.6. The van der Waals surface area contributed by atoms with Crippen molar-refractivity contribution in [3.8, 4) is 5.75 Å². The summed E-state index contributed by atoms with van der Waals surface area (Å²) >= 11 is 3.39. The number of halogens is 1. The summed E-state index contributed by atoms with van der Waals surface area (Å²) in [6.45, 7) is 6.53. The van der Waals surface area contributed by atoms with Gasteiger partial charge in [-0.25, -0.2) is 0 Å². The molecule has 0 aliphatic carbocycles. The minimum Gasteiger partial charge on any atom is -0.490 e. The van der Waals surface area contributed by atoms with Crippen LogP contribution in [0.25, 0.3) is 0 Å². The van der Waals surface area contributed by atoms with Crippen molar-refractivity contribution in [2.45, 2.75) is 20.8 Å². The molecule has 1 heterocycles. The van der Waals surface area contributed by atoms with Gasteiger partial charge in [-0.2, -0.15) is 0 Å². The van der Waals surface area contributed by atoms with Crippen molar-refractivity contribution in [3.63, 3.8) is 0 Å². The number of benzene rings is 2. The molecule has 0 spiro atoms. The Balaban J connectivity index is 1.90. The van der Waals surface area contributed by atoms with Crippen molar-refractivity contribution in [1.29, 1.82) is 0 Å². The first-order chi connectivity index (χ1) is 12.3. The normalized spacial score (nSPS) is 15.7. The second kappa shape index (κ2) is 7.11. The highest BCUT2D eigenvalue weighted by atomic mass is 79.9. The molecule has 0 radical (unpaired) electrons. The van der Waals surface area contributed by atoms with Gasteiger partial charge in [0.2, 0.25) is 5.91 Å². The van der Waals surface area contributed by atoms with E-state index in [1.807, 2.05) is 45.0 Å². The van der Waals surface area contributed by atoms with E-state index in [-0.39, 0.29) is 18.4 Å². The zero-order valence-corrected chi connectivity index (χ0v) is 16.6. The van der Waals surface area contributed by atoms with Gasteiger partial charge in [0.1, 0.15) is 12.4 Å². The van der Waals surface area contributed by atoms with E-state index in [2.05, 4.69) is 21.2 Å². The van der Waals surface area contributed by atoms with Gasteiger partial charge >= 0.3 is 0 Å². The number of hydrogen-bond donors (Lipinski definition) is 1. The summed E-state index contributed by atoms with van der Waals surface area (Å²) in [5.41, 5.74) is 1.29. The van der Waals surface area contributed by atoms with Crippen LogP contribution in [0.3, 0.4) is 0 Å². The number of amides is 2. The Morgan fingerprint density at radius 1 is 1.27 bits per heavy atom. The van der Waals surface area contributed by atoms with Crippen LogP contribution in [0.4, 0.5) is 11.4 Å². The fraction of sp³-hybridized carbons (Fsp3) is 0.300. The van der Waals surface area contributed by atoms with Crippen molar-refractivity contribution in [2.75, 3.05) is 23.4 Å². The quantitative estimate of drug-likeness (QED) is 0.802. The average Bonchev–Trinajstić information content (AvgIpc) is 2.70. The molecule has 2 aromatic carbocycles. The summed E-state index contributed by atoms with van der Waals surface area (Å²) in [4.78, 5) is 26.9. The SMILES string of the molecule is CCN1C(=O)C(C)(C)COc2cc(NC(=O)c3ccccc3Br)ccc21. The molecular formula is C20H21BrN2O3. The van der Waals surface area contributed by atoms with Gasteiger partial charge < -0.3 is 15.0 Å². The van der Waals surface area contributed by atoms with Crippen molar-refractivity contribution in [2.24, 2.45) is 5.41 Å². The van der Waals surface area contributed by atoms with Gasteiger partial charge in [-0.05, 0) is 61.0 Å². The molecule has 6 heteroatoms. The van der Waals surface area contributed by atoms with Gasteiger partial charge in [0, 0.05) is 22.8 Å². The molecule has 26 heavy (non-hydrogen) atoms. The second-order valence-electron chi connectivity index (χ2n) is 6.84. The van der Waals surface area contributed by atoms with Crippen LogP contribution in [0.2, 0.25) is 0 Å². The maximum atomic E-state index is 12.7. The van der Waals surface area contributed by atoms with Crippen LogP contribution in [0.5, 0.6) is 5.75 Å². The molecule has 0 unspecified atom stereocenters. The number of rotatable bonds is 3. The van der Waals surface area contributed by atoms with Crippen molar-refractivity contribution in [1.82, 2.24) is 0 Å². The molecular weight excluding hydrogens is 396 g/mol. The monoisotopic (exact) mass is 416 g/mol. The Labute approximate surface area is 161 Å². The van der Waals surface area contributed by atoms with Gasteiger partial charge in [0.05, 0.1) is 16.7 Å². The van der Waals surface area contributed by atoms with E-state index in [1.165, 1.54) is 0 Å². The van der Waals surface area contributed by atoms with Gasteiger partial charge in [-0.15, -0.1) is 0 Å². The summed E-state index contributed by atoms with van der Waals surface area (Å²) in [6.07, 6.45) is 0. The van der Waals surface area contributed by atoms with E-state index in [0.717, 1.165) is 10.2 Å². The molecule has 1 aliphatic rings. The number of carbonyl (C=O) groups excluding carboxylic acids is 2.